The van der Waals surface area contributed by atoms with E-state index in [9.17, 15) is 0 Å². The molecule has 0 spiro atoms. The van der Waals surface area contributed by atoms with Crippen molar-refractivity contribution in [1.29, 1.82) is 0 Å². The zero-order valence-corrected chi connectivity index (χ0v) is 11.7. The van der Waals surface area contributed by atoms with E-state index in [-0.39, 0.29) is 12.4 Å². The second kappa shape index (κ2) is 7.22. The smallest absolute Gasteiger partial charge is 0.0406 e. The summed E-state index contributed by atoms with van der Waals surface area (Å²) in [5.74, 6) is 0. The maximum atomic E-state index is 5.90. The lowest BCUT2D eigenvalue weighted by Gasteiger charge is -2.27. The van der Waals surface area contributed by atoms with Gasteiger partial charge in [0, 0.05) is 24.2 Å². The van der Waals surface area contributed by atoms with Crippen LogP contribution in [0.4, 0.5) is 0 Å². The molecule has 1 aromatic rings. The van der Waals surface area contributed by atoms with Crippen LogP contribution < -0.4 is 5.32 Å². The Morgan fingerprint density at radius 3 is 2.59 bits per heavy atom. The third kappa shape index (κ3) is 4.14. The molecule has 1 fully saturated rings. The molecule has 0 radical (unpaired) electrons. The largest absolute Gasteiger partial charge is 0.315 e. The normalized spacial score (nSPS) is 19.2. The number of rotatable bonds is 2. The first kappa shape index (κ1) is 14.8. The third-order valence-electron chi connectivity index (χ3n) is 3.27. The van der Waals surface area contributed by atoms with Gasteiger partial charge in [-0.25, -0.2) is 0 Å². The van der Waals surface area contributed by atoms with Gasteiger partial charge in [-0.15, -0.1) is 12.4 Å². The summed E-state index contributed by atoms with van der Waals surface area (Å²) >= 11 is 5.90. The van der Waals surface area contributed by atoms with Gasteiger partial charge >= 0.3 is 0 Å². The highest BCUT2D eigenvalue weighted by molar-refractivity contribution is 6.30. The fraction of sp³-hybridized carbons (Fsp3) is 0.538. The molecule has 96 valence electrons. The molecule has 1 heterocycles. The van der Waals surface area contributed by atoms with Crippen molar-refractivity contribution >= 4 is 24.0 Å². The zero-order valence-electron chi connectivity index (χ0n) is 10.2. The van der Waals surface area contributed by atoms with Crippen molar-refractivity contribution in [2.45, 2.75) is 19.4 Å². The molecule has 2 nitrogen and oxygen atoms in total. The number of nitrogens with one attached hydrogen (secondary N) is 1. The van der Waals surface area contributed by atoms with Crippen LogP contribution in [0.1, 0.15) is 24.9 Å². The molecule has 17 heavy (non-hydrogen) atoms. The molecule has 0 saturated carbocycles. The van der Waals surface area contributed by atoms with Crippen LogP contribution >= 0.6 is 24.0 Å². The minimum atomic E-state index is 0. The SMILES string of the molecule is CC(c1ccc(Cl)cc1)N1CCCNCC1.Cl. The van der Waals surface area contributed by atoms with Gasteiger partial charge in [0.05, 0.1) is 0 Å². The van der Waals surface area contributed by atoms with Crippen LogP contribution in [0.5, 0.6) is 0 Å². The highest BCUT2D eigenvalue weighted by Crippen LogP contribution is 2.22. The fourth-order valence-electron chi connectivity index (χ4n) is 2.21. The van der Waals surface area contributed by atoms with Crippen LogP contribution in [0, 0.1) is 0 Å². The Morgan fingerprint density at radius 1 is 1.18 bits per heavy atom. The Bertz CT molecular complexity index is 319. The number of nitrogens with zero attached hydrogens (tertiary/aromatic N) is 1. The monoisotopic (exact) mass is 274 g/mol. The lowest BCUT2D eigenvalue weighted by molar-refractivity contribution is 0.225. The molecule has 1 aliphatic heterocycles. The first-order valence-corrected chi connectivity index (χ1v) is 6.35. The van der Waals surface area contributed by atoms with Crippen molar-refractivity contribution in [3.8, 4) is 0 Å². The van der Waals surface area contributed by atoms with Crippen LogP contribution in [0.25, 0.3) is 0 Å². The Kier molecular flexibility index (Phi) is 6.28. The van der Waals surface area contributed by atoms with Gasteiger partial charge in [0.2, 0.25) is 0 Å². The van der Waals surface area contributed by atoms with Crippen molar-refractivity contribution in [2.75, 3.05) is 26.2 Å². The maximum absolute atomic E-state index is 5.90. The van der Waals surface area contributed by atoms with Gasteiger partial charge in [-0.05, 0) is 44.1 Å². The third-order valence-corrected chi connectivity index (χ3v) is 3.53. The van der Waals surface area contributed by atoms with E-state index >= 15 is 0 Å². The minimum absolute atomic E-state index is 0. The van der Waals surface area contributed by atoms with Gasteiger partial charge in [0.15, 0.2) is 0 Å². The fourth-order valence-corrected chi connectivity index (χ4v) is 2.33. The molecule has 1 unspecified atom stereocenters. The van der Waals surface area contributed by atoms with Crippen molar-refractivity contribution in [3.63, 3.8) is 0 Å². The highest BCUT2D eigenvalue weighted by Gasteiger charge is 2.16. The van der Waals surface area contributed by atoms with Gasteiger partial charge in [-0.3, -0.25) is 4.90 Å². The second-order valence-electron chi connectivity index (χ2n) is 4.37. The van der Waals surface area contributed by atoms with Crippen LogP contribution in [-0.2, 0) is 0 Å². The topological polar surface area (TPSA) is 15.3 Å². The summed E-state index contributed by atoms with van der Waals surface area (Å²) < 4.78 is 0. The Morgan fingerprint density at radius 2 is 1.88 bits per heavy atom. The van der Waals surface area contributed by atoms with Crippen molar-refractivity contribution in [3.05, 3.63) is 34.9 Å². The first-order valence-electron chi connectivity index (χ1n) is 5.97. The predicted molar refractivity (Wildman–Crippen MR) is 76.2 cm³/mol. The average molecular weight is 275 g/mol. The lowest BCUT2D eigenvalue weighted by atomic mass is 10.1. The first-order chi connectivity index (χ1) is 7.77. The van der Waals surface area contributed by atoms with E-state index in [1.807, 2.05) is 12.1 Å². The maximum Gasteiger partial charge on any atom is 0.0406 e. The van der Waals surface area contributed by atoms with Gasteiger partial charge < -0.3 is 5.32 Å². The number of hydrogen-bond acceptors (Lipinski definition) is 2. The van der Waals surface area contributed by atoms with E-state index in [1.54, 1.807) is 0 Å². The van der Waals surface area contributed by atoms with E-state index in [0.29, 0.717) is 6.04 Å². The molecule has 0 bridgehead atoms. The summed E-state index contributed by atoms with van der Waals surface area (Å²) in [5.41, 5.74) is 1.35. The van der Waals surface area contributed by atoms with Gasteiger partial charge in [0.25, 0.3) is 0 Å². The summed E-state index contributed by atoms with van der Waals surface area (Å²) in [6, 6.07) is 8.70. The minimum Gasteiger partial charge on any atom is -0.315 e. The molecule has 1 saturated heterocycles. The van der Waals surface area contributed by atoms with E-state index in [0.717, 1.165) is 24.7 Å². The van der Waals surface area contributed by atoms with Crippen LogP contribution in [0.2, 0.25) is 5.02 Å². The summed E-state index contributed by atoms with van der Waals surface area (Å²) in [6.07, 6.45) is 1.23. The lowest BCUT2D eigenvalue weighted by Crippen LogP contribution is -2.30. The molecule has 1 N–H and O–H groups in total. The Labute approximate surface area is 115 Å². The molecule has 2 rings (SSSR count). The summed E-state index contributed by atoms with van der Waals surface area (Å²) in [5, 5.41) is 4.24. The van der Waals surface area contributed by atoms with E-state index < -0.39 is 0 Å². The second-order valence-corrected chi connectivity index (χ2v) is 4.80. The Balaban J connectivity index is 0.00000144. The average Bonchev–Trinajstić information content (AvgIpc) is 2.57. The quantitative estimate of drug-likeness (QED) is 0.892. The molecule has 1 atom stereocenters. The molecule has 1 aliphatic rings. The number of halogens is 2. The number of hydrogen-bond donors (Lipinski definition) is 1. The van der Waals surface area contributed by atoms with Crippen LogP contribution in [-0.4, -0.2) is 31.1 Å². The van der Waals surface area contributed by atoms with Crippen molar-refractivity contribution in [2.24, 2.45) is 0 Å². The van der Waals surface area contributed by atoms with E-state index in [4.69, 9.17) is 11.6 Å². The predicted octanol–water partition coefficient (Wildman–Crippen LogP) is 3.12. The molecule has 0 aromatic heterocycles. The molecular weight excluding hydrogens is 255 g/mol. The van der Waals surface area contributed by atoms with Crippen molar-refractivity contribution in [1.82, 2.24) is 10.2 Å². The molecule has 4 heteroatoms. The van der Waals surface area contributed by atoms with Crippen LogP contribution in [0.15, 0.2) is 24.3 Å². The summed E-state index contributed by atoms with van der Waals surface area (Å²) in [6.45, 7) is 6.82. The molecule has 0 amide bonds. The highest BCUT2D eigenvalue weighted by atomic mass is 35.5. The number of benzene rings is 1. The molecular formula is C13H20Cl2N2. The van der Waals surface area contributed by atoms with Gasteiger partial charge in [0.1, 0.15) is 0 Å². The zero-order chi connectivity index (χ0) is 11.4. The van der Waals surface area contributed by atoms with Crippen molar-refractivity contribution < 1.29 is 0 Å². The van der Waals surface area contributed by atoms with Gasteiger partial charge in [-0.2, -0.15) is 0 Å². The Hall–Kier alpha value is -0.280. The molecule has 1 aromatic carbocycles. The van der Waals surface area contributed by atoms with E-state index in [1.165, 1.54) is 18.5 Å². The van der Waals surface area contributed by atoms with Gasteiger partial charge in [-0.1, -0.05) is 23.7 Å². The van der Waals surface area contributed by atoms with E-state index in [2.05, 4.69) is 29.3 Å². The molecule has 0 aliphatic carbocycles. The summed E-state index contributed by atoms with van der Waals surface area (Å²) in [7, 11) is 0. The summed E-state index contributed by atoms with van der Waals surface area (Å²) in [4.78, 5) is 2.53. The van der Waals surface area contributed by atoms with Crippen LogP contribution in [0.3, 0.4) is 0 Å². The standard InChI is InChI=1S/C13H19ClN2.ClH/c1-11(12-3-5-13(14)6-4-12)16-9-2-7-15-8-10-16;/h3-6,11,15H,2,7-10H2,1H3;1H.